The first-order valence-electron chi connectivity index (χ1n) is 13.6. The average Bonchev–Trinajstić information content (AvgIpc) is 3.66. The number of carbonyl (C=O) groups excluding carboxylic acids is 2. The zero-order chi connectivity index (χ0) is 29.4. The number of nitrogens with zero attached hydrogens (tertiary/aromatic N) is 7. The van der Waals surface area contributed by atoms with Crippen LogP contribution < -0.4 is 5.32 Å². The van der Waals surface area contributed by atoms with Crippen LogP contribution in [-0.2, 0) is 9.59 Å². The number of hydrogen-bond donors (Lipinski definition) is 1. The summed E-state index contributed by atoms with van der Waals surface area (Å²) in [5, 5.41) is 15.1. The van der Waals surface area contributed by atoms with Crippen molar-refractivity contribution in [1.82, 2.24) is 34.7 Å². The van der Waals surface area contributed by atoms with Crippen molar-refractivity contribution >= 4 is 34.7 Å². The maximum Gasteiger partial charge on any atom is 0.333 e. The first-order chi connectivity index (χ1) is 20.3. The number of rotatable bonds is 4. The minimum Gasteiger partial charge on any atom is -0.330 e. The maximum absolute atomic E-state index is 13.9. The zero-order valence-electron chi connectivity index (χ0n) is 22.6. The van der Waals surface area contributed by atoms with Crippen LogP contribution in [0.3, 0.4) is 0 Å². The van der Waals surface area contributed by atoms with Gasteiger partial charge < -0.3 is 10.2 Å². The summed E-state index contributed by atoms with van der Waals surface area (Å²) in [6.45, 7) is -0.714. The monoisotopic (exact) mass is 592 g/mol. The van der Waals surface area contributed by atoms with Gasteiger partial charge in [-0.1, -0.05) is 30.2 Å². The van der Waals surface area contributed by atoms with Crippen molar-refractivity contribution in [3.05, 3.63) is 77.5 Å². The number of nitrogens with one attached hydrogen (secondary N) is 1. The van der Waals surface area contributed by atoms with Crippen molar-refractivity contribution in [3.8, 4) is 16.9 Å². The Labute approximate surface area is 245 Å². The highest BCUT2D eigenvalue weighted by atomic mass is 35.5. The molecular formula is C29H27ClF2N8O2. The van der Waals surface area contributed by atoms with E-state index in [1.54, 1.807) is 53.2 Å². The van der Waals surface area contributed by atoms with Crippen molar-refractivity contribution in [2.75, 3.05) is 11.9 Å². The van der Waals surface area contributed by atoms with Crippen LogP contribution in [0.25, 0.3) is 22.5 Å². The highest BCUT2D eigenvalue weighted by Gasteiger charge is 2.31. The fourth-order valence-corrected chi connectivity index (χ4v) is 5.79. The zero-order valence-corrected chi connectivity index (χ0v) is 23.4. The van der Waals surface area contributed by atoms with Crippen molar-refractivity contribution in [3.63, 3.8) is 0 Å². The molecule has 3 aromatic heterocycles. The Morgan fingerprint density at radius 1 is 1.12 bits per heavy atom. The van der Waals surface area contributed by atoms with Gasteiger partial charge >= 0.3 is 6.55 Å². The Balaban J connectivity index is 1.38. The van der Waals surface area contributed by atoms with Crippen LogP contribution in [0.5, 0.6) is 0 Å². The van der Waals surface area contributed by atoms with Gasteiger partial charge in [0.2, 0.25) is 11.8 Å². The summed E-state index contributed by atoms with van der Waals surface area (Å²) >= 11 is 6.33. The van der Waals surface area contributed by atoms with Gasteiger partial charge in [-0.25, -0.2) is 9.36 Å². The summed E-state index contributed by atoms with van der Waals surface area (Å²) < 4.78 is 30.0. The predicted molar refractivity (Wildman–Crippen MR) is 152 cm³/mol. The summed E-state index contributed by atoms with van der Waals surface area (Å²) in [5.41, 5.74) is 3.64. The van der Waals surface area contributed by atoms with Gasteiger partial charge in [-0.3, -0.25) is 14.6 Å². The molecule has 2 amide bonds. The second-order valence-electron chi connectivity index (χ2n) is 10.4. The van der Waals surface area contributed by atoms with Gasteiger partial charge in [0.1, 0.15) is 0 Å². The molecule has 2 atom stereocenters. The Kier molecular flexibility index (Phi) is 7.55. The molecule has 0 fully saturated rings. The summed E-state index contributed by atoms with van der Waals surface area (Å²) in [5.74, 6) is -0.849. The van der Waals surface area contributed by atoms with Gasteiger partial charge in [0, 0.05) is 40.9 Å². The molecule has 0 aliphatic carbocycles. The molecule has 5 heterocycles. The Morgan fingerprint density at radius 3 is 2.74 bits per heavy atom. The molecule has 0 unspecified atom stereocenters. The second kappa shape index (κ2) is 11.4. The number of halogens is 3. The van der Waals surface area contributed by atoms with Crippen LogP contribution in [0.2, 0.25) is 5.02 Å². The van der Waals surface area contributed by atoms with E-state index in [1.165, 1.54) is 12.4 Å². The number of pyridine rings is 1. The molecule has 42 heavy (non-hydrogen) atoms. The highest BCUT2D eigenvalue weighted by Crippen LogP contribution is 2.38. The van der Waals surface area contributed by atoms with E-state index in [4.69, 9.17) is 11.6 Å². The fourth-order valence-electron chi connectivity index (χ4n) is 5.61. The third kappa shape index (κ3) is 5.29. The molecule has 1 aromatic carbocycles. The third-order valence-electron chi connectivity index (χ3n) is 7.75. The van der Waals surface area contributed by atoms with Crippen LogP contribution in [0.1, 0.15) is 56.5 Å². The van der Waals surface area contributed by atoms with Gasteiger partial charge in [0.25, 0.3) is 0 Å². The second-order valence-corrected chi connectivity index (χ2v) is 10.8. The Bertz CT molecular complexity index is 1670. The molecule has 2 aliphatic heterocycles. The van der Waals surface area contributed by atoms with Gasteiger partial charge in [0.15, 0.2) is 0 Å². The fraction of sp³-hybridized carbons (Fsp3) is 0.310. The van der Waals surface area contributed by atoms with E-state index in [0.717, 1.165) is 16.8 Å². The average molecular weight is 593 g/mol. The number of benzene rings is 1. The van der Waals surface area contributed by atoms with Crippen LogP contribution in [-0.4, -0.2) is 53.0 Å². The van der Waals surface area contributed by atoms with Gasteiger partial charge in [-0.05, 0) is 55.2 Å². The summed E-state index contributed by atoms with van der Waals surface area (Å²) in [6, 6.07) is 8.28. The van der Waals surface area contributed by atoms with Gasteiger partial charge in [0.05, 0.1) is 47.4 Å². The number of alkyl halides is 2. The molecule has 0 spiro atoms. The highest BCUT2D eigenvalue weighted by molar-refractivity contribution is 6.30. The summed E-state index contributed by atoms with van der Waals surface area (Å²) in [7, 11) is 0. The lowest BCUT2D eigenvalue weighted by Gasteiger charge is -2.34. The molecule has 0 saturated heterocycles. The molecule has 2 aliphatic rings. The van der Waals surface area contributed by atoms with E-state index < -0.39 is 12.6 Å². The number of anilines is 1. The first-order valence-corrected chi connectivity index (χ1v) is 14.0. The molecular weight excluding hydrogens is 566 g/mol. The number of amides is 2. The van der Waals surface area contributed by atoms with E-state index in [-0.39, 0.29) is 29.1 Å². The minimum atomic E-state index is -2.91. The molecule has 10 nitrogen and oxygen atoms in total. The lowest BCUT2D eigenvalue weighted by Crippen LogP contribution is -2.38. The van der Waals surface area contributed by atoms with Crippen molar-refractivity contribution in [2.24, 2.45) is 5.92 Å². The van der Waals surface area contributed by atoms with Crippen LogP contribution in [0.15, 0.2) is 61.2 Å². The molecule has 0 saturated carbocycles. The maximum atomic E-state index is 13.9. The van der Waals surface area contributed by atoms with E-state index in [0.29, 0.717) is 53.2 Å². The molecule has 13 heteroatoms. The van der Waals surface area contributed by atoms with Crippen LogP contribution in [0, 0.1) is 5.92 Å². The number of hydrogen-bond acceptors (Lipinski definition) is 6. The number of aromatic nitrogens is 6. The quantitative estimate of drug-likeness (QED) is 0.326. The largest absolute Gasteiger partial charge is 0.333 e. The molecule has 1 N–H and O–H groups in total. The lowest BCUT2D eigenvalue weighted by molar-refractivity contribution is -0.129. The molecule has 0 radical (unpaired) electrons. The normalized spacial score (nSPS) is 19.5. The van der Waals surface area contributed by atoms with E-state index in [1.807, 2.05) is 12.1 Å². The first kappa shape index (κ1) is 27.7. The molecule has 6 rings (SSSR count). The predicted octanol–water partition coefficient (Wildman–Crippen LogP) is 5.69. The molecule has 4 aromatic rings. The molecule has 216 valence electrons. The standard InChI is InChI=1S/C29H27ClF2N8O2/c1-17-3-2-4-25(22-13-19(7-9-33-22)27-23(36-28(17)42)16-35-40(27)29(31)32)38-11-8-18(14-26(38)41)21-15-20(30)5-6-24(21)39-12-10-34-37-39/h5-7,9-10,12-17,25,29H,2-4,8,11H2,1H3,(H,36,42)/t17-,25+/m1/s1. The SMILES string of the molecule is C[C@@H]1CCC[C@H](N2CCC(c3cc(Cl)ccc3-n3ccnn3)=CC2=O)c2cc(ccn2)-c2c(cnn2C(F)F)NC1=O. The Morgan fingerprint density at radius 2 is 1.98 bits per heavy atom. The summed E-state index contributed by atoms with van der Waals surface area (Å²) in [4.78, 5) is 33.0. The topological polar surface area (TPSA) is 111 Å². The van der Waals surface area contributed by atoms with E-state index in [2.05, 4.69) is 25.7 Å². The van der Waals surface area contributed by atoms with Crippen molar-refractivity contribution in [2.45, 2.75) is 45.2 Å². The van der Waals surface area contributed by atoms with Crippen LogP contribution in [0.4, 0.5) is 14.5 Å². The number of fused-ring (bicyclic) bond motifs is 4. The minimum absolute atomic E-state index is 0.0854. The smallest absolute Gasteiger partial charge is 0.330 e. The van der Waals surface area contributed by atoms with Crippen molar-refractivity contribution < 1.29 is 18.4 Å². The van der Waals surface area contributed by atoms with Crippen molar-refractivity contribution in [1.29, 1.82) is 0 Å². The Hall–Kier alpha value is -4.45. The molecule has 2 bridgehead atoms. The lowest BCUT2D eigenvalue weighted by atomic mass is 9.93. The third-order valence-corrected chi connectivity index (χ3v) is 7.98. The van der Waals surface area contributed by atoms with E-state index >= 15 is 0 Å². The van der Waals surface area contributed by atoms with Gasteiger partial charge in [-0.2, -0.15) is 13.9 Å². The van der Waals surface area contributed by atoms with Crippen LogP contribution >= 0.6 is 11.6 Å². The van der Waals surface area contributed by atoms with E-state index in [9.17, 15) is 18.4 Å². The number of carbonyl (C=O) groups is 2. The summed E-state index contributed by atoms with van der Waals surface area (Å²) in [6.07, 6.45) is 9.97. The van der Waals surface area contributed by atoms with Gasteiger partial charge in [-0.15, -0.1) is 5.10 Å².